The quantitative estimate of drug-likeness (QED) is 0.167. The van der Waals surface area contributed by atoms with Crippen LogP contribution < -0.4 is 18.9 Å². The molecule has 7 rings (SSSR count). The molecule has 0 bridgehead atoms. The van der Waals surface area contributed by atoms with Crippen molar-refractivity contribution in [2.45, 2.75) is 24.4 Å². The normalized spacial score (nSPS) is 24.8. The summed E-state index contributed by atoms with van der Waals surface area (Å²) in [5.41, 5.74) is 1.48. The predicted molar refractivity (Wildman–Crippen MR) is 143 cm³/mol. The van der Waals surface area contributed by atoms with Crippen molar-refractivity contribution >= 4 is 17.6 Å². The molecule has 5 atom stereocenters. The largest absolute Gasteiger partial charge is 0.486 e. The van der Waals surface area contributed by atoms with E-state index in [0.29, 0.717) is 35.2 Å². The van der Waals surface area contributed by atoms with E-state index in [0.717, 1.165) is 11.1 Å². The summed E-state index contributed by atoms with van der Waals surface area (Å²) in [4.78, 5) is 47.0. The number of allylic oxidation sites excluding steroid dienone is 1. The predicted octanol–water partition coefficient (Wildman–Crippen LogP) is 5.21. The molecule has 1 saturated carbocycles. The van der Waals surface area contributed by atoms with Crippen LogP contribution in [0.2, 0.25) is 0 Å². The topological polar surface area (TPSA) is 157 Å². The van der Waals surface area contributed by atoms with Crippen LogP contribution in [0.1, 0.15) is 29.4 Å². The molecule has 42 heavy (non-hydrogen) atoms. The summed E-state index contributed by atoms with van der Waals surface area (Å²) in [5.74, 6) is -1.15. The molecular formula is C30H20N2O10. The van der Waals surface area contributed by atoms with Gasteiger partial charge in [-0.1, -0.05) is 12.1 Å². The first-order valence-electron chi connectivity index (χ1n) is 13.1. The van der Waals surface area contributed by atoms with Crippen molar-refractivity contribution in [1.82, 2.24) is 0 Å². The fourth-order valence-corrected chi connectivity index (χ4v) is 6.11. The number of carbonyl (C=O) groups is 2. The molecule has 0 spiro atoms. The van der Waals surface area contributed by atoms with Crippen LogP contribution in [0.25, 0.3) is 0 Å². The molecule has 12 nitrogen and oxygen atoms in total. The minimum Gasteiger partial charge on any atom is -0.486 e. The first-order chi connectivity index (χ1) is 20.3. The van der Waals surface area contributed by atoms with Crippen molar-refractivity contribution in [2.24, 2.45) is 11.8 Å². The van der Waals surface area contributed by atoms with Gasteiger partial charge in [-0.25, -0.2) is 0 Å². The second kappa shape index (κ2) is 9.54. The lowest BCUT2D eigenvalue weighted by atomic mass is 9.51. The Balaban J connectivity index is 1.13. The number of nitro groups is 2. The zero-order chi connectivity index (χ0) is 29.1. The molecule has 3 aromatic rings. The van der Waals surface area contributed by atoms with Gasteiger partial charge in [0.05, 0.1) is 21.7 Å². The van der Waals surface area contributed by atoms with E-state index in [1.165, 1.54) is 36.4 Å². The zero-order valence-corrected chi connectivity index (χ0v) is 21.6. The van der Waals surface area contributed by atoms with Crippen molar-refractivity contribution in [3.8, 4) is 28.7 Å². The van der Waals surface area contributed by atoms with Gasteiger partial charge in [0.15, 0.2) is 0 Å². The minimum atomic E-state index is -0.685. The number of non-ortho nitro benzene ring substituents is 1. The molecule has 1 fully saturated rings. The van der Waals surface area contributed by atoms with Gasteiger partial charge < -0.3 is 18.9 Å². The lowest BCUT2D eigenvalue weighted by Gasteiger charge is -2.53. The van der Waals surface area contributed by atoms with Crippen LogP contribution in [0.5, 0.6) is 28.7 Å². The van der Waals surface area contributed by atoms with E-state index in [4.69, 9.17) is 18.9 Å². The van der Waals surface area contributed by atoms with Crippen LogP contribution in [0.15, 0.2) is 84.6 Å². The number of esters is 2. The summed E-state index contributed by atoms with van der Waals surface area (Å²) in [5, 5.41) is 21.8. The molecular weight excluding hydrogens is 548 g/mol. The second-order valence-electron chi connectivity index (χ2n) is 10.3. The van der Waals surface area contributed by atoms with Gasteiger partial charge in [-0.3, -0.25) is 29.8 Å². The maximum absolute atomic E-state index is 13.0. The molecule has 210 valence electrons. The highest BCUT2D eigenvalue weighted by Gasteiger charge is 2.64. The maximum Gasteiger partial charge on any atom is 0.315 e. The van der Waals surface area contributed by atoms with E-state index in [2.05, 4.69) is 0 Å². The monoisotopic (exact) mass is 568 g/mol. The van der Waals surface area contributed by atoms with Gasteiger partial charge >= 0.3 is 11.9 Å². The number of fused-ring (bicyclic) bond motifs is 8. The van der Waals surface area contributed by atoms with E-state index in [-0.39, 0.29) is 23.2 Å². The molecule has 0 saturated heterocycles. The van der Waals surface area contributed by atoms with Crippen molar-refractivity contribution in [3.05, 3.63) is 116 Å². The number of nitrogens with zero attached hydrogens (tertiary/aromatic N) is 2. The molecule has 2 aliphatic carbocycles. The standard InChI is InChI=1S/C30H20N2O10/c33-29-27-25(21-11-9-19(13-23(21)41-29)39-17-5-1-15(2-6-17)31(35)36)26-22-12-10-20(14-24(22)42-30(34)28(26)27)40-18-7-3-16(4-8-18)32(37)38/h1-7,9-14,18,25-28H,8H2/t18?,25-,26+,27-,28+/m1/s1. The lowest BCUT2D eigenvalue weighted by Crippen LogP contribution is -2.57. The van der Waals surface area contributed by atoms with Crippen LogP contribution in [-0.4, -0.2) is 27.9 Å². The van der Waals surface area contributed by atoms with E-state index in [1.807, 2.05) is 6.07 Å². The molecule has 2 aliphatic heterocycles. The molecule has 0 N–H and O–H groups in total. The summed E-state index contributed by atoms with van der Waals surface area (Å²) in [6, 6.07) is 15.9. The highest BCUT2D eigenvalue weighted by atomic mass is 16.6. The van der Waals surface area contributed by atoms with Gasteiger partial charge in [-0.2, -0.15) is 0 Å². The average molecular weight is 568 g/mol. The average Bonchev–Trinajstić information content (AvgIpc) is 2.95. The minimum absolute atomic E-state index is 0.0103. The Bertz CT molecular complexity index is 1750. The molecule has 4 aliphatic rings. The lowest BCUT2D eigenvalue weighted by molar-refractivity contribution is -0.419. The van der Waals surface area contributed by atoms with Gasteiger partial charge in [0, 0.05) is 48.6 Å². The third kappa shape index (κ3) is 4.15. The number of hydrogen-bond donors (Lipinski definition) is 0. The van der Waals surface area contributed by atoms with Gasteiger partial charge in [0.2, 0.25) is 0 Å². The Kier molecular flexibility index (Phi) is 5.78. The molecule has 1 unspecified atom stereocenters. The summed E-state index contributed by atoms with van der Waals surface area (Å²) in [6.45, 7) is 0. The summed E-state index contributed by atoms with van der Waals surface area (Å²) >= 11 is 0. The molecule has 0 radical (unpaired) electrons. The Labute approximate surface area is 237 Å². The summed E-state index contributed by atoms with van der Waals surface area (Å²) < 4.78 is 23.0. The smallest absolute Gasteiger partial charge is 0.315 e. The summed E-state index contributed by atoms with van der Waals surface area (Å²) in [7, 11) is 0. The molecule has 2 heterocycles. The molecule has 0 amide bonds. The molecule has 12 heteroatoms. The summed E-state index contributed by atoms with van der Waals surface area (Å²) in [6.07, 6.45) is 4.42. The van der Waals surface area contributed by atoms with E-state index in [1.54, 1.807) is 36.4 Å². The SMILES string of the molecule is O=C1Oc2cc(OC3C=CC([N+](=O)[O-])=CC3)ccc2[C@@H]2[C@H]1[C@@H]1C(=O)Oc3cc(Oc4ccc([N+](=O)[O-])cc4)ccc3[C@@H]12. The Hall–Kier alpha value is -5.52. The number of rotatable bonds is 6. The number of ether oxygens (including phenoxy) is 4. The van der Waals surface area contributed by atoms with Crippen molar-refractivity contribution in [2.75, 3.05) is 0 Å². The Morgan fingerprint density at radius 3 is 1.83 bits per heavy atom. The van der Waals surface area contributed by atoms with E-state index in [9.17, 15) is 29.8 Å². The highest BCUT2D eigenvalue weighted by Crippen LogP contribution is 2.65. The van der Waals surface area contributed by atoms with Crippen molar-refractivity contribution in [1.29, 1.82) is 0 Å². The zero-order valence-electron chi connectivity index (χ0n) is 21.6. The second-order valence-corrected chi connectivity index (χ2v) is 10.3. The van der Waals surface area contributed by atoms with Gasteiger partial charge in [0.25, 0.3) is 11.4 Å². The number of nitro benzene ring substituents is 1. The van der Waals surface area contributed by atoms with Crippen molar-refractivity contribution < 1.29 is 38.4 Å². The van der Waals surface area contributed by atoms with Crippen LogP contribution in [-0.2, 0) is 9.59 Å². The van der Waals surface area contributed by atoms with Gasteiger partial charge in [-0.05, 0) is 47.5 Å². The Morgan fingerprint density at radius 1 is 0.714 bits per heavy atom. The third-order valence-electron chi connectivity index (χ3n) is 8.02. The Morgan fingerprint density at radius 2 is 1.29 bits per heavy atom. The third-order valence-corrected chi connectivity index (χ3v) is 8.02. The van der Waals surface area contributed by atoms with Crippen LogP contribution in [0.4, 0.5) is 5.69 Å². The maximum atomic E-state index is 13.0. The van der Waals surface area contributed by atoms with E-state index < -0.39 is 39.7 Å². The van der Waals surface area contributed by atoms with Crippen molar-refractivity contribution in [3.63, 3.8) is 0 Å². The molecule has 3 aromatic carbocycles. The number of carbonyl (C=O) groups excluding carboxylic acids is 2. The van der Waals surface area contributed by atoms with Gasteiger partial charge in [0.1, 0.15) is 34.9 Å². The molecule has 0 aromatic heterocycles. The highest BCUT2D eigenvalue weighted by molar-refractivity contribution is 5.92. The first-order valence-corrected chi connectivity index (χ1v) is 13.1. The fraction of sp³-hybridized carbons (Fsp3) is 0.200. The van der Waals surface area contributed by atoms with Crippen LogP contribution in [0, 0.1) is 32.1 Å². The van der Waals surface area contributed by atoms with Crippen LogP contribution >= 0.6 is 0 Å². The van der Waals surface area contributed by atoms with Gasteiger partial charge in [-0.15, -0.1) is 0 Å². The number of hydrogen-bond acceptors (Lipinski definition) is 10. The van der Waals surface area contributed by atoms with Crippen LogP contribution in [0.3, 0.4) is 0 Å². The first kappa shape index (κ1) is 25.4. The fourth-order valence-electron chi connectivity index (χ4n) is 6.11. The number of benzene rings is 3. The van der Waals surface area contributed by atoms with E-state index >= 15 is 0 Å².